The van der Waals surface area contributed by atoms with Crippen molar-refractivity contribution < 1.29 is 14.3 Å². The molecule has 0 saturated heterocycles. The van der Waals surface area contributed by atoms with E-state index in [1.807, 2.05) is 12.1 Å². The Kier molecular flexibility index (Phi) is 7.36. The SMILES string of the molecule is CCN(CC)Cc1ccc(CNC(=O)c2ccc(C(=O)OC)cc2)cc1. The minimum absolute atomic E-state index is 0.173. The molecule has 0 aliphatic heterocycles. The molecule has 2 aromatic rings. The van der Waals surface area contributed by atoms with Crippen LogP contribution in [0.2, 0.25) is 0 Å². The molecule has 0 saturated carbocycles. The van der Waals surface area contributed by atoms with Crippen LogP contribution < -0.4 is 5.32 Å². The molecule has 0 aliphatic rings. The molecule has 0 heterocycles. The van der Waals surface area contributed by atoms with Crippen molar-refractivity contribution in [2.45, 2.75) is 26.9 Å². The highest BCUT2D eigenvalue weighted by Crippen LogP contribution is 2.09. The Hall–Kier alpha value is -2.66. The van der Waals surface area contributed by atoms with Gasteiger partial charge in [0, 0.05) is 18.7 Å². The molecule has 0 fully saturated rings. The normalized spacial score (nSPS) is 10.6. The fourth-order valence-electron chi connectivity index (χ4n) is 2.63. The Bertz CT molecular complexity index is 720. The van der Waals surface area contributed by atoms with Crippen LogP contribution in [0.1, 0.15) is 45.7 Å². The minimum atomic E-state index is -0.415. The van der Waals surface area contributed by atoms with Crippen LogP contribution in [0.5, 0.6) is 0 Å². The van der Waals surface area contributed by atoms with Gasteiger partial charge in [-0.05, 0) is 48.5 Å². The van der Waals surface area contributed by atoms with Gasteiger partial charge < -0.3 is 10.1 Å². The van der Waals surface area contributed by atoms with E-state index in [4.69, 9.17) is 0 Å². The standard InChI is InChI=1S/C21H26N2O3/c1-4-23(5-2)15-17-8-6-16(7-9-17)14-22-20(24)18-10-12-19(13-11-18)21(25)26-3/h6-13H,4-5,14-15H2,1-3H3,(H,22,24). The Labute approximate surface area is 155 Å². The summed E-state index contributed by atoms with van der Waals surface area (Å²) >= 11 is 0. The molecule has 2 rings (SSSR count). The monoisotopic (exact) mass is 354 g/mol. The second kappa shape index (κ2) is 9.73. The zero-order valence-electron chi connectivity index (χ0n) is 15.6. The van der Waals surface area contributed by atoms with E-state index < -0.39 is 5.97 Å². The lowest BCUT2D eigenvalue weighted by atomic mass is 10.1. The number of nitrogens with zero attached hydrogens (tertiary/aromatic N) is 1. The highest BCUT2D eigenvalue weighted by atomic mass is 16.5. The Morgan fingerprint density at radius 1 is 0.885 bits per heavy atom. The molecular formula is C21H26N2O3. The topological polar surface area (TPSA) is 58.6 Å². The summed E-state index contributed by atoms with van der Waals surface area (Å²) in [6, 6.07) is 14.7. The van der Waals surface area contributed by atoms with Crippen molar-refractivity contribution in [3.8, 4) is 0 Å². The molecule has 2 aromatic carbocycles. The van der Waals surface area contributed by atoms with Gasteiger partial charge in [-0.3, -0.25) is 9.69 Å². The second-order valence-corrected chi connectivity index (χ2v) is 6.03. The predicted octanol–water partition coefficient (Wildman–Crippen LogP) is 3.25. The van der Waals surface area contributed by atoms with E-state index in [1.165, 1.54) is 12.7 Å². The van der Waals surface area contributed by atoms with Gasteiger partial charge in [0.05, 0.1) is 12.7 Å². The van der Waals surface area contributed by atoms with Gasteiger partial charge in [-0.15, -0.1) is 0 Å². The summed E-state index contributed by atoms with van der Waals surface area (Å²) < 4.78 is 4.65. The Morgan fingerprint density at radius 3 is 1.96 bits per heavy atom. The van der Waals surface area contributed by atoms with Crippen LogP contribution in [0.15, 0.2) is 48.5 Å². The largest absolute Gasteiger partial charge is 0.465 e. The molecule has 0 bridgehead atoms. The van der Waals surface area contributed by atoms with Crippen molar-refractivity contribution in [2.75, 3.05) is 20.2 Å². The lowest BCUT2D eigenvalue weighted by Gasteiger charge is -2.18. The van der Waals surface area contributed by atoms with Crippen LogP contribution >= 0.6 is 0 Å². The van der Waals surface area contributed by atoms with E-state index in [-0.39, 0.29) is 5.91 Å². The summed E-state index contributed by atoms with van der Waals surface area (Å²) in [5.74, 6) is -0.588. The number of hydrogen-bond acceptors (Lipinski definition) is 4. The number of ether oxygens (including phenoxy) is 1. The molecule has 5 nitrogen and oxygen atoms in total. The molecule has 138 valence electrons. The van der Waals surface area contributed by atoms with Crippen LogP contribution in [-0.4, -0.2) is 37.0 Å². The molecule has 0 aromatic heterocycles. The molecule has 0 spiro atoms. The van der Waals surface area contributed by atoms with E-state index in [0.717, 1.165) is 25.2 Å². The molecule has 0 radical (unpaired) electrons. The van der Waals surface area contributed by atoms with Crippen molar-refractivity contribution in [1.29, 1.82) is 0 Å². The average Bonchev–Trinajstić information content (AvgIpc) is 2.70. The van der Waals surface area contributed by atoms with Gasteiger partial charge in [-0.25, -0.2) is 4.79 Å². The number of methoxy groups -OCH3 is 1. The van der Waals surface area contributed by atoms with Crippen molar-refractivity contribution >= 4 is 11.9 Å². The van der Waals surface area contributed by atoms with E-state index in [9.17, 15) is 9.59 Å². The van der Waals surface area contributed by atoms with E-state index >= 15 is 0 Å². The van der Waals surface area contributed by atoms with Gasteiger partial charge in [-0.1, -0.05) is 38.1 Å². The summed E-state index contributed by atoms with van der Waals surface area (Å²) in [4.78, 5) is 26.0. The van der Waals surface area contributed by atoms with Gasteiger partial charge in [-0.2, -0.15) is 0 Å². The number of nitrogens with one attached hydrogen (secondary N) is 1. The first kappa shape index (κ1) is 19.7. The van der Waals surface area contributed by atoms with Gasteiger partial charge in [0.15, 0.2) is 0 Å². The Morgan fingerprint density at radius 2 is 1.42 bits per heavy atom. The van der Waals surface area contributed by atoms with Crippen LogP contribution in [-0.2, 0) is 17.8 Å². The van der Waals surface area contributed by atoms with Gasteiger partial charge >= 0.3 is 5.97 Å². The first-order valence-corrected chi connectivity index (χ1v) is 8.84. The molecule has 1 amide bonds. The number of rotatable bonds is 8. The quantitative estimate of drug-likeness (QED) is 0.740. The zero-order chi connectivity index (χ0) is 18.9. The lowest BCUT2D eigenvalue weighted by molar-refractivity contribution is 0.0600. The number of carbonyl (C=O) groups excluding carboxylic acids is 2. The van der Waals surface area contributed by atoms with Crippen molar-refractivity contribution in [3.63, 3.8) is 0 Å². The summed E-state index contributed by atoms with van der Waals surface area (Å²) in [6.07, 6.45) is 0. The smallest absolute Gasteiger partial charge is 0.337 e. The third-order valence-electron chi connectivity index (χ3n) is 4.34. The maximum Gasteiger partial charge on any atom is 0.337 e. The molecule has 0 atom stereocenters. The highest BCUT2D eigenvalue weighted by molar-refractivity contribution is 5.96. The molecular weight excluding hydrogens is 328 g/mol. The molecule has 1 N–H and O–H groups in total. The molecule has 0 aliphatic carbocycles. The highest BCUT2D eigenvalue weighted by Gasteiger charge is 2.09. The fourth-order valence-corrected chi connectivity index (χ4v) is 2.63. The molecule has 5 heteroatoms. The summed E-state index contributed by atoms with van der Waals surface area (Å²) in [5, 5.41) is 2.89. The van der Waals surface area contributed by atoms with Crippen molar-refractivity contribution in [1.82, 2.24) is 10.2 Å². The minimum Gasteiger partial charge on any atom is -0.465 e. The van der Waals surface area contributed by atoms with E-state index in [1.54, 1.807) is 24.3 Å². The van der Waals surface area contributed by atoms with Crippen LogP contribution in [0.3, 0.4) is 0 Å². The van der Waals surface area contributed by atoms with Gasteiger partial charge in [0.1, 0.15) is 0 Å². The lowest BCUT2D eigenvalue weighted by Crippen LogP contribution is -2.23. The summed E-state index contributed by atoms with van der Waals surface area (Å²) in [7, 11) is 1.33. The zero-order valence-corrected chi connectivity index (χ0v) is 15.6. The summed E-state index contributed by atoms with van der Waals surface area (Å²) in [5.41, 5.74) is 3.25. The summed E-state index contributed by atoms with van der Waals surface area (Å²) in [6.45, 7) is 7.78. The number of amides is 1. The van der Waals surface area contributed by atoms with Crippen molar-refractivity contribution in [3.05, 3.63) is 70.8 Å². The number of carbonyl (C=O) groups is 2. The third-order valence-corrected chi connectivity index (χ3v) is 4.34. The third kappa shape index (κ3) is 5.43. The Balaban J connectivity index is 1.89. The van der Waals surface area contributed by atoms with Crippen LogP contribution in [0.4, 0.5) is 0 Å². The molecule has 26 heavy (non-hydrogen) atoms. The number of esters is 1. The maximum absolute atomic E-state index is 12.2. The predicted molar refractivity (Wildman–Crippen MR) is 102 cm³/mol. The van der Waals surface area contributed by atoms with Crippen LogP contribution in [0, 0.1) is 0 Å². The second-order valence-electron chi connectivity index (χ2n) is 6.03. The maximum atomic E-state index is 12.2. The first-order valence-electron chi connectivity index (χ1n) is 8.84. The first-order chi connectivity index (χ1) is 12.6. The van der Waals surface area contributed by atoms with Crippen LogP contribution in [0.25, 0.3) is 0 Å². The van der Waals surface area contributed by atoms with Crippen molar-refractivity contribution in [2.24, 2.45) is 0 Å². The number of hydrogen-bond donors (Lipinski definition) is 1. The molecule has 0 unspecified atom stereocenters. The van der Waals surface area contributed by atoms with E-state index in [0.29, 0.717) is 17.7 Å². The average molecular weight is 354 g/mol. The van der Waals surface area contributed by atoms with E-state index in [2.05, 4.69) is 40.9 Å². The number of benzene rings is 2. The van der Waals surface area contributed by atoms with Gasteiger partial charge in [0.25, 0.3) is 5.91 Å². The fraction of sp³-hybridized carbons (Fsp3) is 0.333. The van der Waals surface area contributed by atoms with Gasteiger partial charge in [0.2, 0.25) is 0 Å².